The fourth-order valence-electron chi connectivity index (χ4n) is 0.986. The molecule has 2 nitrogen and oxygen atoms in total. The molecule has 0 saturated heterocycles. The maximum absolute atomic E-state index is 9.89. The summed E-state index contributed by atoms with van der Waals surface area (Å²) in [5.41, 5.74) is 0. The van der Waals surface area contributed by atoms with Crippen LogP contribution in [0.1, 0.15) is 44.9 Å². The van der Waals surface area contributed by atoms with E-state index in [2.05, 4.69) is 0 Å². The van der Waals surface area contributed by atoms with Crippen LogP contribution in [0.4, 0.5) is 0 Å². The van der Waals surface area contributed by atoms with Gasteiger partial charge in [0.15, 0.2) is 0 Å². The summed E-state index contributed by atoms with van der Waals surface area (Å²) in [5, 5.41) is 0. The molecule has 0 aliphatic rings. The first kappa shape index (κ1) is 19.1. The number of hydrogen-bond donors (Lipinski definition) is 0. The maximum atomic E-state index is 9.89. The molecule has 0 spiro atoms. The monoisotopic (exact) mass is 312 g/mol. The SMILES string of the molecule is Cl.O=CCCCCCCCC=O.[Sn]. The molecule has 13 heavy (non-hydrogen) atoms. The quantitative estimate of drug-likeness (QED) is 0.391. The van der Waals surface area contributed by atoms with E-state index in [0.717, 1.165) is 44.7 Å². The molecular formula is C9H17ClO2Sn. The zero-order valence-corrected chi connectivity index (χ0v) is 11.5. The number of carbonyl (C=O) groups is 2. The van der Waals surface area contributed by atoms with Gasteiger partial charge >= 0.3 is 0 Å². The maximum Gasteiger partial charge on any atom is 0.119 e. The van der Waals surface area contributed by atoms with Gasteiger partial charge in [0.2, 0.25) is 0 Å². The van der Waals surface area contributed by atoms with E-state index in [1.165, 1.54) is 0 Å². The number of rotatable bonds is 8. The summed E-state index contributed by atoms with van der Waals surface area (Å²) in [6.45, 7) is 0. The van der Waals surface area contributed by atoms with Gasteiger partial charge in [0.25, 0.3) is 0 Å². The molecule has 4 heteroatoms. The first-order valence-corrected chi connectivity index (χ1v) is 4.29. The minimum absolute atomic E-state index is 0. The summed E-state index contributed by atoms with van der Waals surface area (Å²) < 4.78 is 0. The minimum Gasteiger partial charge on any atom is -0.303 e. The zero-order valence-electron chi connectivity index (χ0n) is 7.83. The Hall–Kier alpha value is 0.429. The summed E-state index contributed by atoms with van der Waals surface area (Å²) in [6, 6.07) is 0. The van der Waals surface area contributed by atoms with Crippen LogP contribution in [0, 0.1) is 0 Å². The summed E-state index contributed by atoms with van der Waals surface area (Å²) in [4.78, 5) is 19.8. The van der Waals surface area contributed by atoms with E-state index in [0.29, 0.717) is 12.8 Å². The van der Waals surface area contributed by atoms with Gasteiger partial charge < -0.3 is 9.59 Å². The molecule has 0 rings (SSSR count). The largest absolute Gasteiger partial charge is 0.303 e. The number of unbranched alkanes of at least 4 members (excludes halogenated alkanes) is 6. The van der Waals surface area contributed by atoms with Gasteiger partial charge in [-0.3, -0.25) is 0 Å². The Bertz CT molecular complexity index is 97.8. The zero-order chi connectivity index (χ0) is 8.36. The van der Waals surface area contributed by atoms with Crippen LogP contribution in [0.5, 0.6) is 0 Å². The van der Waals surface area contributed by atoms with Crippen LogP contribution in [-0.4, -0.2) is 36.5 Å². The molecule has 0 unspecified atom stereocenters. The third kappa shape index (κ3) is 19.0. The smallest absolute Gasteiger partial charge is 0.119 e. The Balaban J connectivity index is -0.000000500. The molecular weight excluding hydrogens is 294 g/mol. The van der Waals surface area contributed by atoms with Crippen LogP contribution in [0.2, 0.25) is 0 Å². The van der Waals surface area contributed by atoms with Crippen molar-refractivity contribution in [1.29, 1.82) is 0 Å². The molecule has 0 amide bonds. The molecule has 0 saturated carbocycles. The van der Waals surface area contributed by atoms with Gasteiger partial charge in [-0.25, -0.2) is 0 Å². The van der Waals surface area contributed by atoms with Gasteiger partial charge in [0.1, 0.15) is 12.6 Å². The Morgan fingerprint density at radius 3 is 1.31 bits per heavy atom. The van der Waals surface area contributed by atoms with Crippen molar-refractivity contribution >= 4 is 48.9 Å². The standard InChI is InChI=1S/C9H16O2.ClH.Sn/c10-8-6-4-2-1-3-5-7-9-11;;/h8-9H,1-7H2;1H;. The van der Waals surface area contributed by atoms with E-state index < -0.39 is 0 Å². The number of hydrogen-bond acceptors (Lipinski definition) is 2. The predicted molar refractivity (Wildman–Crippen MR) is 57.4 cm³/mol. The van der Waals surface area contributed by atoms with Crippen molar-refractivity contribution in [2.45, 2.75) is 44.9 Å². The van der Waals surface area contributed by atoms with Crippen LogP contribution in [0.3, 0.4) is 0 Å². The van der Waals surface area contributed by atoms with Crippen LogP contribution >= 0.6 is 12.4 Å². The van der Waals surface area contributed by atoms with Gasteiger partial charge in [0, 0.05) is 36.7 Å². The molecule has 0 bridgehead atoms. The van der Waals surface area contributed by atoms with Crippen LogP contribution < -0.4 is 0 Å². The molecule has 4 radical (unpaired) electrons. The predicted octanol–water partition coefficient (Wildman–Crippen LogP) is 2.16. The Labute approximate surface area is 103 Å². The molecule has 76 valence electrons. The molecule has 0 heterocycles. The summed E-state index contributed by atoms with van der Waals surface area (Å²) in [5.74, 6) is 0. The first-order chi connectivity index (χ1) is 5.41. The van der Waals surface area contributed by atoms with Crippen molar-refractivity contribution in [3.8, 4) is 0 Å². The first-order valence-electron chi connectivity index (χ1n) is 4.29. The van der Waals surface area contributed by atoms with E-state index in [1.54, 1.807) is 0 Å². The summed E-state index contributed by atoms with van der Waals surface area (Å²) in [7, 11) is 0. The molecule has 0 atom stereocenters. The molecule has 0 aliphatic carbocycles. The van der Waals surface area contributed by atoms with Crippen molar-refractivity contribution in [2.75, 3.05) is 0 Å². The molecule has 0 N–H and O–H groups in total. The summed E-state index contributed by atoms with van der Waals surface area (Å²) >= 11 is 0. The van der Waals surface area contributed by atoms with Gasteiger partial charge in [-0.05, 0) is 12.8 Å². The second-order valence-corrected chi connectivity index (χ2v) is 2.68. The number of halogens is 1. The summed E-state index contributed by atoms with van der Waals surface area (Å²) in [6.07, 6.45) is 8.71. The van der Waals surface area contributed by atoms with Gasteiger partial charge in [-0.15, -0.1) is 12.4 Å². The fraction of sp³-hybridized carbons (Fsp3) is 0.778. The van der Waals surface area contributed by atoms with Crippen molar-refractivity contribution in [1.82, 2.24) is 0 Å². The van der Waals surface area contributed by atoms with Crippen LogP contribution in [0.15, 0.2) is 0 Å². The van der Waals surface area contributed by atoms with E-state index in [-0.39, 0.29) is 36.3 Å². The van der Waals surface area contributed by atoms with E-state index in [9.17, 15) is 9.59 Å². The molecule has 0 aromatic carbocycles. The van der Waals surface area contributed by atoms with Crippen molar-refractivity contribution in [2.24, 2.45) is 0 Å². The van der Waals surface area contributed by atoms with E-state index in [1.807, 2.05) is 0 Å². The second-order valence-electron chi connectivity index (χ2n) is 2.68. The topological polar surface area (TPSA) is 34.1 Å². The number of aldehydes is 2. The van der Waals surface area contributed by atoms with Crippen LogP contribution in [-0.2, 0) is 9.59 Å². The van der Waals surface area contributed by atoms with E-state index in [4.69, 9.17) is 0 Å². The molecule has 0 aromatic rings. The Kier molecular flexibility index (Phi) is 26.8. The Morgan fingerprint density at radius 2 is 1.00 bits per heavy atom. The number of carbonyl (C=O) groups excluding carboxylic acids is 2. The average molecular weight is 311 g/mol. The third-order valence-corrected chi connectivity index (χ3v) is 1.64. The Morgan fingerprint density at radius 1 is 0.692 bits per heavy atom. The van der Waals surface area contributed by atoms with Crippen LogP contribution in [0.25, 0.3) is 0 Å². The van der Waals surface area contributed by atoms with Crippen molar-refractivity contribution in [3.05, 3.63) is 0 Å². The van der Waals surface area contributed by atoms with Gasteiger partial charge in [-0.1, -0.05) is 19.3 Å². The van der Waals surface area contributed by atoms with Crippen molar-refractivity contribution < 1.29 is 9.59 Å². The normalized spacial score (nSPS) is 8.00. The van der Waals surface area contributed by atoms with Gasteiger partial charge in [-0.2, -0.15) is 0 Å². The van der Waals surface area contributed by atoms with Gasteiger partial charge in [0.05, 0.1) is 0 Å². The average Bonchev–Trinajstić information content (AvgIpc) is 2.03. The second kappa shape index (κ2) is 18.3. The van der Waals surface area contributed by atoms with Crippen molar-refractivity contribution in [3.63, 3.8) is 0 Å². The molecule has 0 aliphatic heterocycles. The molecule has 0 aromatic heterocycles. The van der Waals surface area contributed by atoms with E-state index >= 15 is 0 Å². The third-order valence-electron chi connectivity index (χ3n) is 1.64. The molecule has 0 fully saturated rings. The fourth-order valence-corrected chi connectivity index (χ4v) is 0.986. The minimum atomic E-state index is 0.